The van der Waals surface area contributed by atoms with Crippen LogP contribution in [0.25, 0.3) is 0 Å². The van der Waals surface area contributed by atoms with E-state index in [4.69, 9.17) is 0 Å². The van der Waals surface area contributed by atoms with Crippen LogP contribution < -0.4 is 10.0 Å². The number of rotatable bonds is 4. The summed E-state index contributed by atoms with van der Waals surface area (Å²) >= 11 is 0. The topological polar surface area (TPSA) is 68.5 Å². The van der Waals surface area contributed by atoms with Crippen LogP contribution in [0.5, 0.6) is 0 Å². The molecule has 2 aromatic carbocycles. The van der Waals surface area contributed by atoms with Crippen molar-refractivity contribution < 1.29 is 9.90 Å². The summed E-state index contributed by atoms with van der Waals surface area (Å²) in [5, 5.41) is 22.3. The number of carbonyl (C=O) groups is 1. The molecule has 25 heavy (non-hydrogen) atoms. The van der Waals surface area contributed by atoms with E-state index in [1.165, 1.54) is 5.01 Å². The summed E-state index contributed by atoms with van der Waals surface area (Å²) in [6, 6.07) is 18.9. The average Bonchev–Trinajstić information content (AvgIpc) is 3.19. The molecule has 126 valence electrons. The van der Waals surface area contributed by atoms with Gasteiger partial charge in [-0.2, -0.15) is 10.2 Å². The van der Waals surface area contributed by atoms with Crippen LogP contribution in [0.15, 0.2) is 70.9 Å². The van der Waals surface area contributed by atoms with Crippen LogP contribution in [0.2, 0.25) is 0 Å². The molecule has 4 rings (SSSR count). The van der Waals surface area contributed by atoms with E-state index >= 15 is 0 Å². The number of aliphatic hydroxyl groups excluding tert-OH is 1. The second-order valence-corrected chi connectivity index (χ2v) is 6.09. The van der Waals surface area contributed by atoms with Crippen LogP contribution in [0.1, 0.15) is 19.3 Å². The lowest BCUT2D eigenvalue weighted by Crippen LogP contribution is -2.25. The SMILES string of the molecule is O=C1CC(CC2=NN(c3ccccc3)C(O)C2)=NN1c1ccccc1. The van der Waals surface area contributed by atoms with E-state index in [9.17, 15) is 9.90 Å². The Balaban J connectivity index is 1.50. The first-order chi connectivity index (χ1) is 12.2. The largest absolute Gasteiger partial charge is 0.371 e. The normalized spacial score (nSPS) is 20.0. The van der Waals surface area contributed by atoms with E-state index < -0.39 is 6.23 Å². The Labute approximate surface area is 145 Å². The van der Waals surface area contributed by atoms with Crippen LogP contribution in [-0.2, 0) is 4.79 Å². The van der Waals surface area contributed by atoms with Gasteiger partial charge in [-0.1, -0.05) is 36.4 Å². The Morgan fingerprint density at radius 2 is 1.56 bits per heavy atom. The minimum Gasteiger partial charge on any atom is -0.371 e. The molecule has 0 aromatic heterocycles. The number of nitrogens with zero attached hydrogens (tertiary/aromatic N) is 4. The van der Waals surface area contributed by atoms with Gasteiger partial charge in [-0.15, -0.1) is 0 Å². The van der Waals surface area contributed by atoms with Crippen molar-refractivity contribution in [3.63, 3.8) is 0 Å². The number of hydrogen-bond donors (Lipinski definition) is 1. The predicted octanol–water partition coefficient (Wildman–Crippen LogP) is 2.75. The van der Waals surface area contributed by atoms with Crippen molar-refractivity contribution >= 4 is 28.7 Å². The molecule has 0 saturated heterocycles. The monoisotopic (exact) mass is 334 g/mol. The van der Waals surface area contributed by atoms with Crippen LogP contribution in [0.3, 0.4) is 0 Å². The fourth-order valence-electron chi connectivity index (χ4n) is 3.06. The number of benzene rings is 2. The van der Waals surface area contributed by atoms with Gasteiger partial charge in [-0.3, -0.25) is 4.79 Å². The third kappa shape index (κ3) is 3.16. The number of carbonyl (C=O) groups excluding carboxylic acids is 1. The molecule has 1 unspecified atom stereocenters. The van der Waals surface area contributed by atoms with Crippen molar-refractivity contribution in [3.05, 3.63) is 60.7 Å². The summed E-state index contributed by atoms with van der Waals surface area (Å²) < 4.78 is 0. The molecule has 2 aliphatic heterocycles. The minimum atomic E-state index is -0.680. The Morgan fingerprint density at radius 3 is 2.24 bits per heavy atom. The third-order valence-electron chi connectivity index (χ3n) is 4.21. The van der Waals surface area contributed by atoms with E-state index in [1.807, 2.05) is 60.7 Å². The first-order valence-corrected chi connectivity index (χ1v) is 8.24. The van der Waals surface area contributed by atoms with Gasteiger partial charge in [0.2, 0.25) is 0 Å². The van der Waals surface area contributed by atoms with Crippen LogP contribution in [0.4, 0.5) is 11.4 Å². The van der Waals surface area contributed by atoms with Crippen molar-refractivity contribution in [2.45, 2.75) is 25.5 Å². The highest BCUT2D eigenvalue weighted by atomic mass is 16.3. The van der Waals surface area contributed by atoms with Gasteiger partial charge in [0.1, 0.15) is 0 Å². The molecule has 0 spiro atoms. The molecule has 2 heterocycles. The van der Waals surface area contributed by atoms with E-state index in [-0.39, 0.29) is 12.3 Å². The second kappa shape index (κ2) is 6.49. The van der Waals surface area contributed by atoms with E-state index in [0.717, 1.165) is 22.8 Å². The molecule has 1 atom stereocenters. The third-order valence-corrected chi connectivity index (χ3v) is 4.21. The number of hydrazone groups is 2. The highest BCUT2D eigenvalue weighted by molar-refractivity contribution is 6.18. The van der Waals surface area contributed by atoms with E-state index in [0.29, 0.717) is 12.8 Å². The van der Waals surface area contributed by atoms with E-state index in [2.05, 4.69) is 10.2 Å². The van der Waals surface area contributed by atoms with Gasteiger partial charge in [0.05, 0.1) is 23.5 Å². The molecule has 0 fully saturated rings. The van der Waals surface area contributed by atoms with Gasteiger partial charge in [0, 0.05) is 18.6 Å². The summed E-state index contributed by atoms with van der Waals surface area (Å²) in [6.07, 6.45) is 0.554. The van der Waals surface area contributed by atoms with Gasteiger partial charge in [0.15, 0.2) is 6.23 Å². The second-order valence-electron chi connectivity index (χ2n) is 6.09. The lowest BCUT2D eigenvalue weighted by atomic mass is 10.1. The molecular formula is C19H18N4O2. The minimum absolute atomic E-state index is 0.0414. The fraction of sp³-hybridized carbons (Fsp3) is 0.211. The summed E-state index contributed by atoms with van der Waals surface area (Å²) in [4.78, 5) is 12.2. The maximum Gasteiger partial charge on any atom is 0.253 e. The van der Waals surface area contributed by atoms with E-state index in [1.54, 1.807) is 5.01 Å². The molecule has 2 aliphatic rings. The Hall–Kier alpha value is -2.99. The Kier molecular flexibility index (Phi) is 4.03. The molecule has 1 N–H and O–H groups in total. The van der Waals surface area contributed by atoms with Gasteiger partial charge < -0.3 is 5.11 Å². The van der Waals surface area contributed by atoms with Gasteiger partial charge >= 0.3 is 0 Å². The predicted molar refractivity (Wildman–Crippen MR) is 97.6 cm³/mol. The van der Waals surface area contributed by atoms with Gasteiger partial charge in [0.25, 0.3) is 5.91 Å². The van der Waals surface area contributed by atoms with Crippen LogP contribution in [-0.4, -0.2) is 28.7 Å². The lowest BCUT2D eigenvalue weighted by Gasteiger charge is -2.18. The highest BCUT2D eigenvalue weighted by Crippen LogP contribution is 2.26. The quantitative estimate of drug-likeness (QED) is 0.935. The van der Waals surface area contributed by atoms with Crippen LogP contribution in [0, 0.1) is 0 Å². The number of hydrogen-bond acceptors (Lipinski definition) is 5. The van der Waals surface area contributed by atoms with Crippen molar-refractivity contribution in [1.82, 2.24) is 0 Å². The summed E-state index contributed by atoms with van der Waals surface area (Å²) in [6.45, 7) is 0. The summed E-state index contributed by atoms with van der Waals surface area (Å²) in [5.74, 6) is -0.0414. The Morgan fingerprint density at radius 1 is 0.920 bits per heavy atom. The van der Waals surface area contributed by atoms with Crippen molar-refractivity contribution in [3.8, 4) is 0 Å². The fourth-order valence-corrected chi connectivity index (χ4v) is 3.06. The molecule has 0 saturated carbocycles. The molecule has 6 heteroatoms. The zero-order valence-corrected chi connectivity index (χ0v) is 13.6. The number of para-hydroxylation sites is 2. The Bertz CT molecular complexity index is 833. The van der Waals surface area contributed by atoms with Crippen LogP contribution >= 0.6 is 0 Å². The molecule has 2 aromatic rings. The van der Waals surface area contributed by atoms with Crippen molar-refractivity contribution in [2.75, 3.05) is 10.0 Å². The smallest absolute Gasteiger partial charge is 0.253 e. The lowest BCUT2D eigenvalue weighted by molar-refractivity contribution is -0.116. The standard InChI is InChI=1S/C19H18N4O2/c24-18-12-14(20-22(18)16-7-3-1-4-8-16)11-15-13-19(25)23(21-15)17-9-5-2-6-10-17/h1-10,18,24H,11-13H2. The van der Waals surface area contributed by atoms with Gasteiger partial charge in [-0.05, 0) is 24.3 Å². The first kappa shape index (κ1) is 15.5. The summed E-state index contributed by atoms with van der Waals surface area (Å²) in [7, 11) is 0. The molecule has 6 nitrogen and oxygen atoms in total. The molecular weight excluding hydrogens is 316 g/mol. The average molecular weight is 334 g/mol. The zero-order valence-electron chi connectivity index (χ0n) is 13.6. The molecule has 0 aliphatic carbocycles. The molecule has 0 radical (unpaired) electrons. The highest BCUT2D eigenvalue weighted by Gasteiger charge is 2.30. The first-order valence-electron chi connectivity index (χ1n) is 8.24. The maximum absolute atomic E-state index is 12.2. The molecule has 0 bridgehead atoms. The number of aliphatic hydroxyl groups is 1. The van der Waals surface area contributed by atoms with Crippen molar-refractivity contribution in [1.29, 1.82) is 0 Å². The van der Waals surface area contributed by atoms with Crippen molar-refractivity contribution in [2.24, 2.45) is 10.2 Å². The zero-order chi connectivity index (χ0) is 17.2. The maximum atomic E-state index is 12.2. The molecule has 1 amide bonds. The summed E-state index contributed by atoms with van der Waals surface area (Å²) in [5.41, 5.74) is 3.22. The number of amides is 1. The number of anilines is 2. The van der Waals surface area contributed by atoms with Gasteiger partial charge in [-0.25, -0.2) is 10.0 Å².